The Morgan fingerprint density at radius 3 is 2.27 bits per heavy atom. The lowest BCUT2D eigenvalue weighted by atomic mass is 9.81. The fraction of sp³-hybridized carbons (Fsp3) is 1.00. The van der Waals surface area contributed by atoms with Crippen LogP contribution in [0.5, 0.6) is 0 Å². The quantitative estimate of drug-likeness (QED) is 0.531. The van der Waals surface area contributed by atoms with E-state index in [0.717, 1.165) is 12.8 Å². The third kappa shape index (κ3) is 1.92. The minimum absolute atomic E-state index is 0.163. The van der Waals surface area contributed by atoms with Gasteiger partial charge in [0.05, 0.1) is 11.7 Å². The largest absolute Gasteiger partial charge is 0.389 e. The second-order valence-electron chi connectivity index (χ2n) is 3.42. The highest BCUT2D eigenvalue weighted by Crippen LogP contribution is 2.30. The predicted molar refractivity (Wildman–Crippen MR) is 43.1 cm³/mol. The van der Waals surface area contributed by atoms with Crippen LogP contribution in [0.3, 0.4) is 0 Å². The van der Waals surface area contributed by atoms with Gasteiger partial charge < -0.3 is 15.9 Å². The zero-order chi connectivity index (χ0) is 8.32. The summed E-state index contributed by atoms with van der Waals surface area (Å²) in [6.07, 6.45) is 3.85. The van der Waals surface area contributed by atoms with Gasteiger partial charge in [0.2, 0.25) is 0 Å². The topological polar surface area (TPSA) is 66.5 Å². The summed E-state index contributed by atoms with van der Waals surface area (Å²) >= 11 is 0. The van der Waals surface area contributed by atoms with Gasteiger partial charge in [-0.3, -0.25) is 0 Å². The van der Waals surface area contributed by atoms with Crippen molar-refractivity contribution < 1.29 is 10.2 Å². The molecule has 1 atom stereocenters. The summed E-state index contributed by atoms with van der Waals surface area (Å²) in [5, 5.41) is 19.2. The van der Waals surface area contributed by atoms with Gasteiger partial charge in [-0.1, -0.05) is 19.3 Å². The van der Waals surface area contributed by atoms with Crippen LogP contribution in [0.2, 0.25) is 0 Å². The summed E-state index contributed by atoms with van der Waals surface area (Å²) in [5.74, 6) is 0. The van der Waals surface area contributed by atoms with Crippen molar-refractivity contribution in [3.63, 3.8) is 0 Å². The Morgan fingerprint density at radius 2 is 1.82 bits per heavy atom. The molecule has 0 aliphatic heterocycles. The summed E-state index contributed by atoms with van der Waals surface area (Å²) in [6, 6.07) is 0. The molecule has 66 valence electrons. The normalized spacial score (nSPS) is 26.5. The Morgan fingerprint density at radius 1 is 1.27 bits per heavy atom. The van der Waals surface area contributed by atoms with E-state index in [4.69, 9.17) is 5.73 Å². The molecule has 0 heterocycles. The first-order valence-electron chi connectivity index (χ1n) is 4.29. The highest BCUT2D eigenvalue weighted by molar-refractivity contribution is 4.89. The lowest BCUT2D eigenvalue weighted by Gasteiger charge is -2.35. The van der Waals surface area contributed by atoms with Crippen LogP contribution >= 0.6 is 0 Å². The molecule has 1 saturated carbocycles. The molecule has 1 fully saturated rings. The fourth-order valence-corrected chi connectivity index (χ4v) is 1.72. The molecule has 1 aliphatic rings. The van der Waals surface area contributed by atoms with Crippen LogP contribution in [0.1, 0.15) is 32.1 Å². The summed E-state index contributed by atoms with van der Waals surface area (Å²) in [6.45, 7) is 0.163. The molecule has 0 radical (unpaired) electrons. The van der Waals surface area contributed by atoms with Gasteiger partial charge in [-0.05, 0) is 12.8 Å². The second kappa shape index (κ2) is 3.52. The van der Waals surface area contributed by atoms with E-state index < -0.39 is 11.7 Å². The smallest absolute Gasteiger partial charge is 0.0948 e. The van der Waals surface area contributed by atoms with Crippen molar-refractivity contribution in [1.82, 2.24) is 0 Å². The zero-order valence-corrected chi connectivity index (χ0v) is 6.79. The van der Waals surface area contributed by atoms with E-state index in [1.54, 1.807) is 0 Å². The highest BCUT2D eigenvalue weighted by Gasteiger charge is 2.35. The van der Waals surface area contributed by atoms with E-state index in [1.165, 1.54) is 6.42 Å². The fourth-order valence-electron chi connectivity index (χ4n) is 1.72. The number of hydrogen-bond acceptors (Lipinski definition) is 3. The maximum Gasteiger partial charge on any atom is 0.0948 e. The van der Waals surface area contributed by atoms with Crippen LogP contribution in [0.25, 0.3) is 0 Å². The Bertz CT molecular complexity index is 121. The number of aliphatic hydroxyl groups is 2. The molecule has 0 aromatic heterocycles. The molecule has 0 aromatic carbocycles. The maximum atomic E-state index is 9.81. The molecule has 0 spiro atoms. The van der Waals surface area contributed by atoms with Gasteiger partial charge in [-0.25, -0.2) is 0 Å². The first-order chi connectivity index (χ1) is 5.19. The van der Waals surface area contributed by atoms with Crippen LogP contribution in [-0.4, -0.2) is 28.5 Å². The maximum absolute atomic E-state index is 9.81. The molecule has 3 heteroatoms. The Hall–Kier alpha value is -0.120. The van der Waals surface area contributed by atoms with E-state index in [2.05, 4.69) is 0 Å². The number of hydrogen-bond donors (Lipinski definition) is 3. The van der Waals surface area contributed by atoms with Gasteiger partial charge in [0.15, 0.2) is 0 Å². The van der Waals surface area contributed by atoms with Crippen molar-refractivity contribution in [3.05, 3.63) is 0 Å². The van der Waals surface area contributed by atoms with E-state index in [0.29, 0.717) is 12.8 Å². The second-order valence-corrected chi connectivity index (χ2v) is 3.42. The van der Waals surface area contributed by atoms with Crippen LogP contribution in [0.4, 0.5) is 0 Å². The van der Waals surface area contributed by atoms with Gasteiger partial charge in [0, 0.05) is 6.54 Å². The van der Waals surface area contributed by atoms with Gasteiger partial charge in [-0.15, -0.1) is 0 Å². The van der Waals surface area contributed by atoms with Crippen molar-refractivity contribution >= 4 is 0 Å². The monoisotopic (exact) mass is 159 g/mol. The molecule has 1 unspecified atom stereocenters. The van der Waals surface area contributed by atoms with Crippen LogP contribution in [0.15, 0.2) is 0 Å². The van der Waals surface area contributed by atoms with Gasteiger partial charge >= 0.3 is 0 Å². The lowest BCUT2D eigenvalue weighted by molar-refractivity contribution is -0.0922. The molecule has 0 amide bonds. The molecular formula is C8H17NO2. The van der Waals surface area contributed by atoms with Crippen molar-refractivity contribution in [2.45, 2.75) is 43.8 Å². The third-order valence-corrected chi connectivity index (χ3v) is 2.56. The van der Waals surface area contributed by atoms with Crippen molar-refractivity contribution in [2.24, 2.45) is 5.73 Å². The molecule has 0 saturated heterocycles. The Balaban J connectivity index is 2.49. The van der Waals surface area contributed by atoms with E-state index in [1.807, 2.05) is 0 Å². The van der Waals surface area contributed by atoms with Crippen molar-refractivity contribution in [1.29, 1.82) is 0 Å². The standard InChI is InChI=1S/C8H17NO2/c9-6-7(10)8(11)4-2-1-3-5-8/h7,10-11H,1-6,9H2. The molecule has 3 nitrogen and oxygen atoms in total. The van der Waals surface area contributed by atoms with Crippen LogP contribution in [-0.2, 0) is 0 Å². The average Bonchev–Trinajstić information content (AvgIpc) is 2.04. The zero-order valence-electron chi connectivity index (χ0n) is 6.79. The first-order valence-corrected chi connectivity index (χ1v) is 4.29. The van der Waals surface area contributed by atoms with Gasteiger partial charge in [0.1, 0.15) is 0 Å². The highest BCUT2D eigenvalue weighted by atomic mass is 16.3. The molecule has 1 rings (SSSR count). The predicted octanol–water partition coefficient (Wildman–Crippen LogP) is 0.00120. The Labute approximate surface area is 67.2 Å². The minimum atomic E-state index is -0.882. The Kier molecular flexibility index (Phi) is 2.87. The molecular weight excluding hydrogens is 142 g/mol. The molecule has 11 heavy (non-hydrogen) atoms. The molecule has 4 N–H and O–H groups in total. The van der Waals surface area contributed by atoms with Crippen molar-refractivity contribution in [2.75, 3.05) is 6.54 Å². The van der Waals surface area contributed by atoms with Crippen LogP contribution < -0.4 is 5.73 Å². The summed E-state index contributed by atoms with van der Waals surface area (Å²) in [4.78, 5) is 0. The first kappa shape index (κ1) is 8.97. The van der Waals surface area contributed by atoms with E-state index >= 15 is 0 Å². The number of rotatable bonds is 2. The third-order valence-electron chi connectivity index (χ3n) is 2.56. The summed E-state index contributed by atoms with van der Waals surface area (Å²) in [5.41, 5.74) is 4.40. The van der Waals surface area contributed by atoms with E-state index in [-0.39, 0.29) is 6.54 Å². The van der Waals surface area contributed by atoms with Gasteiger partial charge in [0.25, 0.3) is 0 Å². The molecule has 0 aromatic rings. The van der Waals surface area contributed by atoms with Crippen molar-refractivity contribution in [3.8, 4) is 0 Å². The van der Waals surface area contributed by atoms with E-state index in [9.17, 15) is 10.2 Å². The molecule has 1 aliphatic carbocycles. The van der Waals surface area contributed by atoms with Crippen LogP contribution in [0, 0.1) is 0 Å². The van der Waals surface area contributed by atoms with Gasteiger partial charge in [-0.2, -0.15) is 0 Å². The lowest BCUT2D eigenvalue weighted by Crippen LogP contribution is -2.47. The summed E-state index contributed by atoms with van der Waals surface area (Å²) < 4.78 is 0. The number of aliphatic hydroxyl groups excluding tert-OH is 1. The molecule has 0 bridgehead atoms. The number of nitrogens with two attached hydrogens (primary N) is 1. The minimum Gasteiger partial charge on any atom is -0.389 e. The SMILES string of the molecule is NCC(O)C1(O)CCCCC1. The average molecular weight is 159 g/mol. The summed E-state index contributed by atoms with van der Waals surface area (Å²) in [7, 11) is 0.